The molecule has 1 heterocycles. The molecule has 0 saturated heterocycles. The Balaban J connectivity index is 2.19. The third-order valence-corrected chi connectivity index (χ3v) is 4.22. The van der Waals surface area contributed by atoms with Gasteiger partial charge in [-0.1, -0.05) is 18.2 Å². The van der Waals surface area contributed by atoms with Crippen LogP contribution in [-0.2, 0) is 0 Å². The summed E-state index contributed by atoms with van der Waals surface area (Å²) in [6.45, 7) is 3.37. The molecule has 3 rings (SSSR count). The van der Waals surface area contributed by atoms with Gasteiger partial charge in [-0.05, 0) is 48.6 Å². The molecule has 4 nitrogen and oxygen atoms in total. The predicted molar refractivity (Wildman–Crippen MR) is 91.7 cm³/mol. The first-order chi connectivity index (χ1) is 11.4. The highest BCUT2D eigenvalue weighted by atomic mass is 19.1. The molecule has 0 radical (unpaired) electrons. The average molecular weight is 324 g/mol. The zero-order valence-electron chi connectivity index (χ0n) is 13.4. The number of rotatable bonds is 3. The molecule has 0 aliphatic carbocycles. The zero-order valence-corrected chi connectivity index (χ0v) is 13.4. The van der Waals surface area contributed by atoms with E-state index in [0.717, 1.165) is 0 Å². The highest BCUT2D eigenvalue weighted by molar-refractivity contribution is 6.16. The van der Waals surface area contributed by atoms with Gasteiger partial charge in [0.05, 0.1) is 5.56 Å². The number of halogens is 1. The largest absolute Gasteiger partial charge is 0.329 e. The van der Waals surface area contributed by atoms with E-state index < -0.39 is 11.6 Å². The van der Waals surface area contributed by atoms with Crippen molar-refractivity contribution in [3.63, 3.8) is 0 Å². The van der Waals surface area contributed by atoms with Crippen LogP contribution in [0.3, 0.4) is 0 Å². The molecule has 24 heavy (non-hydrogen) atoms. The molecular weight excluding hydrogens is 307 g/mol. The van der Waals surface area contributed by atoms with Crippen LogP contribution in [0.5, 0.6) is 0 Å². The first-order valence-corrected chi connectivity index (χ1v) is 7.61. The van der Waals surface area contributed by atoms with Crippen molar-refractivity contribution in [1.82, 2.24) is 4.98 Å². The summed E-state index contributed by atoms with van der Waals surface area (Å²) in [4.78, 5) is 27.3. The van der Waals surface area contributed by atoms with Crippen LogP contribution in [0.4, 0.5) is 4.39 Å². The molecular formula is C19H17FN2O2. The van der Waals surface area contributed by atoms with E-state index in [1.54, 1.807) is 44.2 Å². The topological polar surface area (TPSA) is 76.0 Å². The Morgan fingerprint density at radius 2 is 1.88 bits per heavy atom. The van der Waals surface area contributed by atoms with Gasteiger partial charge in [0.25, 0.3) is 5.56 Å². The summed E-state index contributed by atoms with van der Waals surface area (Å²) in [5.41, 5.74) is 6.84. The molecule has 1 unspecified atom stereocenters. The van der Waals surface area contributed by atoms with Crippen molar-refractivity contribution in [3.05, 3.63) is 81.0 Å². The molecule has 0 fully saturated rings. The second-order valence-corrected chi connectivity index (χ2v) is 5.83. The van der Waals surface area contributed by atoms with E-state index >= 15 is 0 Å². The Morgan fingerprint density at radius 3 is 2.58 bits per heavy atom. The highest BCUT2D eigenvalue weighted by Crippen LogP contribution is 2.25. The van der Waals surface area contributed by atoms with E-state index in [0.29, 0.717) is 27.5 Å². The van der Waals surface area contributed by atoms with Crippen molar-refractivity contribution < 1.29 is 9.18 Å². The van der Waals surface area contributed by atoms with E-state index in [4.69, 9.17) is 5.73 Å². The van der Waals surface area contributed by atoms with Gasteiger partial charge >= 0.3 is 0 Å². The Bertz CT molecular complexity index is 1010. The van der Waals surface area contributed by atoms with Gasteiger partial charge in [-0.15, -0.1) is 0 Å². The quantitative estimate of drug-likeness (QED) is 0.726. The minimum absolute atomic E-state index is 0.0234. The smallest absolute Gasteiger partial charge is 0.255 e. The maximum Gasteiger partial charge on any atom is 0.255 e. The van der Waals surface area contributed by atoms with Gasteiger partial charge < -0.3 is 10.7 Å². The number of benzene rings is 2. The molecule has 1 atom stereocenters. The number of carbonyl (C=O) groups excluding carboxylic acids is 1. The number of H-pyrrole nitrogens is 1. The lowest BCUT2D eigenvalue weighted by Gasteiger charge is -2.13. The van der Waals surface area contributed by atoms with E-state index in [-0.39, 0.29) is 17.2 Å². The van der Waals surface area contributed by atoms with Gasteiger partial charge in [-0.25, -0.2) is 4.39 Å². The molecule has 0 amide bonds. The summed E-state index contributed by atoms with van der Waals surface area (Å²) in [5, 5.41) is 0.896. The van der Waals surface area contributed by atoms with Gasteiger partial charge in [0.2, 0.25) is 0 Å². The molecule has 0 aliphatic rings. The summed E-state index contributed by atoms with van der Waals surface area (Å²) < 4.78 is 14.7. The maximum atomic E-state index is 14.7. The second-order valence-electron chi connectivity index (χ2n) is 5.83. The third kappa shape index (κ3) is 2.53. The lowest BCUT2D eigenvalue weighted by Crippen LogP contribution is -2.13. The molecule has 0 bridgehead atoms. The monoisotopic (exact) mass is 324 g/mol. The van der Waals surface area contributed by atoms with Crippen molar-refractivity contribution in [2.75, 3.05) is 0 Å². The Labute approximate surface area is 138 Å². The SMILES string of the molecule is Cc1c(C(C)N)ccc(C(=O)c2cccc3c(=O)[nH]ccc23)c1F. The van der Waals surface area contributed by atoms with Crippen LogP contribution in [0.15, 0.2) is 47.4 Å². The van der Waals surface area contributed by atoms with Crippen LogP contribution in [0.25, 0.3) is 10.8 Å². The van der Waals surface area contributed by atoms with Crippen LogP contribution >= 0.6 is 0 Å². The minimum atomic E-state index is -0.573. The number of nitrogens with two attached hydrogens (primary N) is 1. The predicted octanol–water partition coefficient (Wildman–Crippen LogP) is 3.23. The van der Waals surface area contributed by atoms with Gasteiger partial charge in [0.15, 0.2) is 5.78 Å². The summed E-state index contributed by atoms with van der Waals surface area (Å²) in [5.74, 6) is -1.03. The number of ketones is 1. The molecule has 3 N–H and O–H groups in total. The lowest BCUT2D eigenvalue weighted by molar-refractivity contribution is 0.103. The fraction of sp³-hybridized carbons (Fsp3) is 0.158. The summed E-state index contributed by atoms with van der Waals surface area (Å²) in [6.07, 6.45) is 1.47. The van der Waals surface area contributed by atoms with Crippen LogP contribution in [-0.4, -0.2) is 10.8 Å². The number of hydrogen-bond donors (Lipinski definition) is 2. The molecule has 0 aliphatic heterocycles. The molecule has 0 spiro atoms. The zero-order chi connectivity index (χ0) is 17.4. The molecule has 0 saturated carbocycles. The van der Waals surface area contributed by atoms with Crippen molar-refractivity contribution >= 4 is 16.6 Å². The molecule has 122 valence electrons. The lowest BCUT2D eigenvalue weighted by atomic mass is 9.93. The Hall–Kier alpha value is -2.79. The average Bonchev–Trinajstić information content (AvgIpc) is 2.56. The van der Waals surface area contributed by atoms with Crippen LogP contribution in [0, 0.1) is 12.7 Å². The number of carbonyl (C=O) groups is 1. The van der Waals surface area contributed by atoms with E-state index in [2.05, 4.69) is 4.98 Å². The van der Waals surface area contributed by atoms with E-state index in [1.165, 1.54) is 12.3 Å². The second kappa shape index (κ2) is 6.02. The normalized spacial score (nSPS) is 12.3. The molecule has 3 aromatic rings. The Morgan fingerprint density at radius 1 is 1.12 bits per heavy atom. The minimum Gasteiger partial charge on any atom is -0.329 e. The Kier molecular flexibility index (Phi) is 4.03. The summed E-state index contributed by atoms with van der Waals surface area (Å²) >= 11 is 0. The van der Waals surface area contributed by atoms with Crippen LogP contribution in [0.2, 0.25) is 0 Å². The standard InChI is InChI=1S/C19H17FN2O2/c1-10-12(11(2)21)6-7-16(17(10)20)18(23)14-4-3-5-15-13(14)8-9-22-19(15)24/h3-9,11H,21H2,1-2H3,(H,22,24). The highest BCUT2D eigenvalue weighted by Gasteiger charge is 2.20. The summed E-state index contributed by atoms with van der Waals surface area (Å²) in [6, 6.07) is 9.30. The maximum absolute atomic E-state index is 14.7. The first-order valence-electron chi connectivity index (χ1n) is 7.61. The van der Waals surface area contributed by atoms with Crippen molar-refractivity contribution in [2.45, 2.75) is 19.9 Å². The van der Waals surface area contributed by atoms with Gasteiger partial charge in [0.1, 0.15) is 5.82 Å². The number of hydrogen-bond acceptors (Lipinski definition) is 3. The number of aromatic amines is 1. The molecule has 1 aromatic heterocycles. The van der Waals surface area contributed by atoms with Crippen molar-refractivity contribution in [3.8, 4) is 0 Å². The van der Waals surface area contributed by atoms with E-state index in [1.807, 2.05) is 0 Å². The number of fused-ring (bicyclic) bond motifs is 1. The van der Waals surface area contributed by atoms with Crippen molar-refractivity contribution in [1.29, 1.82) is 0 Å². The molecule has 2 aromatic carbocycles. The van der Waals surface area contributed by atoms with Gasteiger partial charge in [-0.2, -0.15) is 0 Å². The number of pyridine rings is 1. The molecule has 5 heteroatoms. The van der Waals surface area contributed by atoms with Crippen LogP contribution < -0.4 is 11.3 Å². The van der Waals surface area contributed by atoms with Crippen LogP contribution in [0.1, 0.15) is 40.0 Å². The first kappa shape index (κ1) is 16.1. The summed E-state index contributed by atoms with van der Waals surface area (Å²) in [7, 11) is 0. The fourth-order valence-electron chi connectivity index (χ4n) is 2.93. The number of nitrogens with one attached hydrogen (secondary N) is 1. The van der Waals surface area contributed by atoms with E-state index in [9.17, 15) is 14.0 Å². The van der Waals surface area contributed by atoms with Gasteiger partial charge in [0, 0.05) is 23.2 Å². The fourth-order valence-corrected chi connectivity index (χ4v) is 2.93. The number of aromatic nitrogens is 1. The third-order valence-electron chi connectivity index (χ3n) is 4.22. The van der Waals surface area contributed by atoms with Gasteiger partial charge in [-0.3, -0.25) is 9.59 Å². The van der Waals surface area contributed by atoms with Crippen molar-refractivity contribution in [2.24, 2.45) is 5.73 Å².